The predicted molar refractivity (Wildman–Crippen MR) is 92.1 cm³/mol. The van der Waals surface area contributed by atoms with Crippen LogP contribution in [0.15, 0.2) is 45.2 Å². The maximum absolute atomic E-state index is 5.80. The zero-order valence-electron chi connectivity index (χ0n) is 13.1. The lowest BCUT2D eigenvalue weighted by molar-refractivity contribution is 0.123. The van der Waals surface area contributed by atoms with Crippen LogP contribution in [0.25, 0.3) is 11.3 Å². The van der Waals surface area contributed by atoms with Crippen LogP contribution in [-0.2, 0) is 4.74 Å². The molecule has 126 valence electrons. The molecule has 2 aromatic rings. The second-order valence-electron chi connectivity index (χ2n) is 5.18. The van der Waals surface area contributed by atoms with Crippen LogP contribution in [0.1, 0.15) is 0 Å². The fraction of sp³-hybridized carbons (Fsp3) is 0.267. The van der Waals surface area contributed by atoms with Crippen molar-refractivity contribution in [3.63, 3.8) is 0 Å². The first-order valence-corrected chi connectivity index (χ1v) is 7.43. The Balaban J connectivity index is 2.02. The number of ether oxygens (including phenoxy) is 1. The molecule has 24 heavy (non-hydrogen) atoms. The average molecular weight is 329 g/mol. The molecule has 0 aliphatic carbocycles. The topological polar surface area (TPSA) is 141 Å². The lowest BCUT2D eigenvalue weighted by Crippen LogP contribution is -2.36. The fourth-order valence-corrected chi connectivity index (χ4v) is 2.48. The first-order chi connectivity index (χ1) is 11.6. The van der Waals surface area contributed by atoms with E-state index in [0.29, 0.717) is 24.7 Å². The molecule has 2 heterocycles. The molecule has 0 bridgehead atoms. The highest BCUT2D eigenvalue weighted by molar-refractivity contribution is 5.94. The lowest BCUT2D eigenvalue weighted by Gasteiger charge is -2.29. The van der Waals surface area contributed by atoms with Crippen molar-refractivity contribution in [2.45, 2.75) is 0 Å². The highest BCUT2D eigenvalue weighted by Crippen LogP contribution is 2.34. The zero-order chi connectivity index (χ0) is 16.9. The summed E-state index contributed by atoms with van der Waals surface area (Å²) in [6, 6.07) is 5.77. The molecule has 1 aromatic heterocycles. The maximum Gasteiger partial charge on any atom is 0.223 e. The largest absolute Gasteiger partial charge is 0.444 e. The highest BCUT2D eigenvalue weighted by Gasteiger charge is 2.16. The molecular formula is C15H19N7O2. The summed E-state index contributed by atoms with van der Waals surface area (Å²) < 4.78 is 10.7. The Labute approximate surface area is 138 Å². The van der Waals surface area contributed by atoms with E-state index >= 15 is 0 Å². The van der Waals surface area contributed by atoms with Gasteiger partial charge in [0.2, 0.25) is 5.96 Å². The number of guanidine groups is 2. The highest BCUT2D eigenvalue weighted by atomic mass is 16.5. The van der Waals surface area contributed by atoms with Gasteiger partial charge in [-0.2, -0.15) is 4.99 Å². The molecule has 0 saturated carbocycles. The van der Waals surface area contributed by atoms with E-state index in [-0.39, 0.29) is 11.9 Å². The van der Waals surface area contributed by atoms with Gasteiger partial charge in [-0.05, 0) is 18.2 Å². The molecule has 1 aromatic carbocycles. The van der Waals surface area contributed by atoms with Gasteiger partial charge >= 0.3 is 0 Å². The van der Waals surface area contributed by atoms with Crippen LogP contribution in [0.2, 0.25) is 0 Å². The van der Waals surface area contributed by atoms with Gasteiger partial charge in [-0.25, -0.2) is 9.98 Å². The van der Waals surface area contributed by atoms with E-state index in [1.807, 2.05) is 18.2 Å². The minimum absolute atomic E-state index is 0.0146. The van der Waals surface area contributed by atoms with Gasteiger partial charge in [0.15, 0.2) is 18.1 Å². The number of hydrogen-bond acceptors (Lipinski definition) is 5. The number of benzene rings is 1. The normalized spacial score (nSPS) is 15.3. The average Bonchev–Trinajstić information content (AvgIpc) is 3.09. The van der Waals surface area contributed by atoms with Gasteiger partial charge < -0.3 is 31.3 Å². The van der Waals surface area contributed by atoms with E-state index < -0.39 is 0 Å². The molecule has 0 amide bonds. The fourth-order valence-electron chi connectivity index (χ4n) is 2.48. The molecule has 0 unspecified atom stereocenters. The van der Waals surface area contributed by atoms with E-state index in [1.165, 1.54) is 6.39 Å². The molecule has 0 spiro atoms. The minimum atomic E-state index is -0.143. The number of nitrogens with zero attached hydrogens (tertiary/aromatic N) is 4. The third-order valence-electron chi connectivity index (χ3n) is 3.52. The summed E-state index contributed by atoms with van der Waals surface area (Å²) >= 11 is 0. The van der Waals surface area contributed by atoms with Gasteiger partial charge in [-0.15, -0.1) is 0 Å². The Morgan fingerprint density at radius 3 is 2.62 bits per heavy atom. The Morgan fingerprint density at radius 1 is 1.17 bits per heavy atom. The van der Waals surface area contributed by atoms with Gasteiger partial charge in [0.05, 0.1) is 30.8 Å². The Bertz CT molecular complexity index is 745. The number of nitrogens with two attached hydrogens (primary N) is 3. The van der Waals surface area contributed by atoms with E-state index in [9.17, 15) is 0 Å². The molecule has 6 N–H and O–H groups in total. The zero-order valence-corrected chi connectivity index (χ0v) is 13.1. The van der Waals surface area contributed by atoms with E-state index in [0.717, 1.165) is 24.3 Å². The summed E-state index contributed by atoms with van der Waals surface area (Å²) in [5, 5.41) is 0. The Morgan fingerprint density at radius 2 is 1.96 bits per heavy atom. The van der Waals surface area contributed by atoms with Crippen molar-refractivity contribution in [2.75, 3.05) is 31.2 Å². The number of morpholine rings is 1. The predicted octanol–water partition coefficient (Wildman–Crippen LogP) is 0.398. The molecule has 1 fully saturated rings. The SMILES string of the molecule is NC(N)=NC(N)=Nc1cc(-c2cnco2)ccc1N1CCOCC1. The molecule has 1 aliphatic rings. The van der Waals surface area contributed by atoms with E-state index in [1.54, 1.807) is 6.20 Å². The van der Waals surface area contributed by atoms with Gasteiger partial charge in [0, 0.05) is 18.7 Å². The van der Waals surface area contributed by atoms with Crippen molar-refractivity contribution < 1.29 is 9.15 Å². The number of rotatable bonds is 3. The summed E-state index contributed by atoms with van der Waals surface area (Å²) in [5.41, 5.74) is 18.9. The van der Waals surface area contributed by atoms with Crippen molar-refractivity contribution in [3.05, 3.63) is 30.8 Å². The second kappa shape index (κ2) is 7.01. The smallest absolute Gasteiger partial charge is 0.223 e. The number of anilines is 1. The Hall–Kier alpha value is -3.07. The molecule has 9 heteroatoms. The van der Waals surface area contributed by atoms with Gasteiger partial charge in [0.1, 0.15) is 0 Å². The van der Waals surface area contributed by atoms with Crippen LogP contribution in [0.5, 0.6) is 0 Å². The monoisotopic (exact) mass is 329 g/mol. The molecular weight excluding hydrogens is 310 g/mol. The van der Waals surface area contributed by atoms with Crippen molar-refractivity contribution in [1.82, 2.24) is 4.98 Å². The third-order valence-corrected chi connectivity index (χ3v) is 3.52. The standard InChI is InChI=1S/C15H19N7O2/c16-14(17)21-15(18)20-11-7-10(13-8-19-9-24-13)1-2-12(11)22-3-5-23-6-4-22/h1-2,7-9H,3-6H2,(H6,16,17,18,20,21). The first-order valence-electron chi connectivity index (χ1n) is 7.43. The first kappa shape index (κ1) is 15.8. The molecule has 1 saturated heterocycles. The van der Waals surface area contributed by atoms with E-state index in [4.69, 9.17) is 26.4 Å². The number of oxazole rings is 1. The van der Waals surface area contributed by atoms with Crippen molar-refractivity contribution in [1.29, 1.82) is 0 Å². The third kappa shape index (κ3) is 3.63. The molecule has 3 rings (SSSR count). The summed E-state index contributed by atoms with van der Waals surface area (Å²) in [7, 11) is 0. The molecule has 0 radical (unpaired) electrons. The number of aromatic nitrogens is 1. The van der Waals surface area contributed by atoms with E-state index in [2.05, 4.69) is 19.9 Å². The molecule has 1 aliphatic heterocycles. The number of aliphatic imine (C=N–C) groups is 2. The van der Waals surface area contributed by atoms with Crippen LogP contribution >= 0.6 is 0 Å². The summed E-state index contributed by atoms with van der Waals surface area (Å²) in [6.07, 6.45) is 3.01. The molecule has 9 nitrogen and oxygen atoms in total. The van der Waals surface area contributed by atoms with Crippen LogP contribution in [0.4, 0.5) is 11.4 Å². The van der Waals surface area contributed by atoms with Gasteiger partial charge in [-0.3, -0.25) is 0 Å². The number of hydrogen-bond donors (Lipinski definition) is 3. The van der Waals surface area contributed by atoms with Crippen molar-refractivity contribution in [3.8, 4) is 11.3 Å². The van der Waals surface area contributed by atoms with Gasteiger partial charge in [0.25, 0.3) is 0 Å². The summed E-state index contributed by atoms with van der Waals surface area (Å²) in [4.78, 5) is 14.2. The quantitative estimate of drug-likeness (QED) is 0.546. The maximum atomic E-state index is 5.80. The van der Waals surface area contributed by atoms with Gasteiger partial charge in [-0.1, -0.05) is 0 Å². The van der Waals surface area contributed by atoms with Crippen molar-refractivity contribution >= 4 is 23.3 Å². The summed E-state index contributed by atoms with van der Waals surface area (Å²) in [5.74, 6) is 0.482. The summed E-state index contributed by atoms with van der Waals surface area (Å²) in [6.45, 7) is 2.87. The van der Waals surface area contributed by atoms with Crippen LogP contribution in [-0.4, -0.2) is 43.2 Å². The molecule has 0 atom stereocenters. The van der Waals surface area contributed by atoms with Crippen LogP contribution in [0, 0.1) is 0 Å². The van der Waals surface area contributed by atoms with Crippen LogP contribution in [0.3, 0.4) is 0 Å². The Kier molecular flexibility index (Phi) is 4.62. The minimum Gasteiger partial charge on any atom is -0.444 e. The lowest BCUT2D eigenvalue weighted by atomic mass is 10.1. The van der Waals surface area contributed by atoms with Crippen molar-refractivity contribution in [2.24, 2.45) is 27.2 Å². The second-order valence-corrected chi connectivity index (χ2v) is 5.18. The van der Waals surface area contributed by atoms with Crippen LogP contribution < -0.4 is 22.1 Å².